The van der Waals surface area contributed by atoms with Gasteiger partial charge in [0.1, 0.15) is 0 Å². The van der Waals surface area contributed by atoms with E-state index in [9.17, 15) is 0 Å². The highest BCUT2D eigenvalue weighted by atomic mass is 16.1. The molecule has 14 heavy (non-hydrogen) atoms. The van der Waals surface area contributed by atoms with E-state index in [1.165, 1.54) is 0 Å². The van der Waals surface area contributed by atoms with Crippen molar-refractivity contribution in [3.8, 4) is 0 Å². The fourth-order valence-corrected chi connectivity index (χ4v) is 0. The van der Waals surface area contributed by atoms with Gasteiger partial charge >= 0.3 is 0 Å². The summed E-state index contributed by atoms with van der Waals surface area (Å²) in [6.45, 7) is 0. The first-order chi connectivity index (χ1) is 5.66. The van der Waals surface area contributed by atoms with Gasteiger partial charge in [0.2, 0.25) is 24.3 Å². The highest BCUT2D eigenvalue weighted by Gasteiger charge is 1.04. The molecule has 0 aromatic carbocycles. The molecule has 8 nitrogen and oxygen atoms in total. The number of carbonyl (C=O) groups excluding carboxylic acids is 4. The average Bonchev–Trinajstić information content (AvgIpc) is 1.92. The minimum atomic E-state index is 0. The minimum absolute atomic E-state index is 0. The average molecular weight is 204 g/mol. The molecule has 80 valence electrons. The van der Waals surface area contributed by atoms with Gasteiger partial charge in [-0.1, -0.05) is 14.9 Å². The molecule has 0 radical (unpaired) electrons. The molecule has 0 aromatic rings. The molecule has 0 saturated carbocycles. The maximum absolute atomic E-state index is 8.35. The Morgan fingerprint density at radius 2 is 0.500 bits per heavy atom. The number of rotatable bonds is 0. The van der Waals surface area contributed by atoms with Crippen LogP contribution in [0, 0.1) is 21.6 Å². The molecular weight excluding hydrogens is 192 g/mol. The highest BCUT2D eigenvalue weighted by Crippen LogP contribution is 0.877. The first-order valence-electron chi connectivity index (χ1n) is 1.82. The molecule has 0 bridgehead atoms. The SMILES string of the molecule is C.C.N=C=O.N=C=O.N=C=O.N=C=O. The van der Waals surface area contributed by atoms with Gasteiger partial charge in [-0.15, -0.1) is 0 Å². The monoisotopic (exact) mass is 204 g/mol. The molecule has 0 rings (SSSR count). The van der Waals surface area contributed by atoms with Crippen LogP contribution in [-0.4, -0.2) is 24.3 Å². The number of nitrogens with one attached hydrogen (secondary N) is 4. The van der Waals surface area contributed by atoms with Crippen LogP contribution in [0.2, 0.25) is 0 Å². The molecule has 8 heteroatoms. The van der Waals surface area contributed by atoms with Gasteiger partial charge in [0.15, 0.2) is 0 Å². The lowest BCUT2D eigenvalue weighted by molar-refractivity contribution is 0.562. The Kier molecular flexibility index (Phi) is 1230. The Morgan fingerprint density at radius 1 is 0.500 bits per heavy atom. The highest BCUT2D eigenvalue weighted by molar-refractivity contribution is 5.26. The Morgan fingerprint density at radius 3 is 0.500 bits per heavy atom. The molecule has 0 aliphatic carbocycles. The lowest BCUT2D eigenvalue weighted by Crippen LogP contribution is -1.16. The summed E-state index contributed by atoms with van der Waals surface area (Å²) in [6.07, 6.45) is 3.00. The molecule has 4 N–H and O–H groups in total. The third-order valence-corrected chi connectivity index (χ3v) is 0. The second kappa shape index (κ2) is 413. The number of hydrogen-bond acceptors (Lipinski definition) is 8. The summed E-state index contributed by atoms with van der Waals surface area (Å²) in [6, 6.07) is 0. The van der Waals surface area contributed by atoms with Crippen LogP contribution in [0.25, 0.3) is 0 Å². The van der Waals surface area contributed by atoms with E-state index in [2.05, 4.69) is 0 Å². The van der Waals surface area contributed by atoms with Crippen molar-refractivity contribution in [3.05, 3.63) is 0 Å². The van der Waals surface area contributed by atoms with E-state index in [4.69, 9.17) is 40.8 Å². The summed E-state index contributed by atoms with van der Waals surface area (Å²) >= 11 is 0. The fraction of sp³-hybridized carbons (Fsp3) is 0.333. The quantitative estimate of drug-likeness (QED) is 0.340. The van der Waals surface area contributed by atoms with Crippen molar-refractivity contribution in [1.29, 1.82) is 21.6 Å². The van der Waals surface area contributed by atoms with Gasteiger partial charge in [-0.3, -0.25) is 0 Å². The van der Waals surface area contributed by atoms with Crippen LogP contribution >= 0.6 is 0 Å². The van der Waals surface area contributed by atoms with E-state index in [1.807, 2.05) is 0 Å². The van der Waals surface area contributed by atoms with Crippen molar-refractivity contribution in [3.63, 3.8) is 0 Å². The largest absolute Gasteiger partial charge is 0.231 e. The second-order valence-corrected chi connectivity index (χ2v) is 0.408. The Labute approximate surface area is 81.0 Å². The van der Waals surface area contributed by atoms with E-state index >= 15 is 0 Å². The molecule has 0 saturated heterocycles. The van der Waals surface area contributed by atoms with Gasteiger partial charge in [0.25, 0.3) is 0 Å². The predicted octanol–water partition coefficient (Wildman–Crippen LogP) is 0.876. The first-order valence-corrected chi connectivity index (χ1v) is 1.82. The molecule has 0 unspecified atom stereocenters. The van der Waals surface area contributed by atoms with Crippen LogP contribution in [0.5, 0.6) is 0 Å². The molecule has 0 amide bonds. The topological polar surface area (TPSA) is 164 Å². The fourth-order valence-electron chi connectivity index (χ4n) is 0. The summed E-state index contributed by atoms with van der Waals surface area (Å²) in [4.78, 5) is 33.4. The normalized spacial score (nSPS) is 2.29. The van der Waals surface area contributed by atoms with Crippen molar-refractivity contribution in [2.75, 3.05) is 0 Å². The number of hydrogen-bond donors (Lipinski definition) is 4. The van der Waals surface area contributed by atoms with E-state index in [1.54, 1.807) is 0 Å². The molecular formula is C6H12N4O4. The summed E-state index contributed by atoms with van der Waals surface area (Å²) in [5, 5.41) is 21.6. The predicted molar refractivity (Wildman–Crippen MR) is 47.1 cm³/mol. The Hall–Kier alpha value is -2.48. The standard InChI is InChI=1S/4CHNO.2CH4/c4*2-1-3;;/h4*2H;2*1H4. The van der Waals surface area contributed by atoms with Crippen molar-refractivity contribution < 1.29 is 19.2 Å². The smallest absolute Gasteiger partial charge is 0.222 e. The van der Waals surface area contributed by atoms with Crippen LogP contribution in [0.15, 0.2) is 0 Å². The van der Waals surface area contributed by atoms with Gasteiger partial charge in [-0.25, -0.2) is 40.8 Å². The van der Waals surface area contributed by atoms with Gasteiger partial charge in [0, 0.05) is 0 Å². The van der Waals surface area contributed by atoms with Crippen LogP contribution in [0.4, 0.5) is 0 Å². The summed E-state index contributed by atoms with van der Waals surface area (Å²) in [5.74, 6) is 0. The third kappa shape index (κ3) is 112. The lowest BCUT2D eigenvalue weighted by Gasteiger charge is -1.02. The molecule has 0 atom stereocenters. The van der Waals surface area contributed by atoms with Crippen molar-refractivity contribution in [1.82, 2.24) is 0 Å². The van der Waals surface area contributed by atoms with Gasteiger partial charge in [-0.2, -0.15) is 0 Å². The van der Waals surface area contributed by atoms with Gasteiger partial charge in [-0.05, 0) is 0 Å². The Balaban J connectivity index is -0.0000000145. The summed E-state index contributed by atoms with van der Waals surface area (Å²) in [5.41, 5.74) is 0. The molecule has 0 fully saturated rings. The molecule has 0 aliphatic heterocycles. The molecule has 0 spiro atoms. The van der Waals surface area contributed by atoms with Crippen molar-refractivity contribution in [2.24, 2.45) is 0 Å². The molecule has 0 aromatic heterocycles. The second-order valence-electron chi connectivity index (χ2n) is 0.408. The Bertz CT molecular complexity index is 154. The van der Waals surface area contributed by atoms with Gasteiger partial charge in [0.05, 0.1) is 0 Å². The zero-order valence-corrected chi connectivity index (χ0v) is 5.63. The van der Waals surface area contributed by atoms with Crippen molar-refractivity contribution in [2.45, 2.75) is 14.9 Å². The van der Waals surface area contributed by atoms with Crippen LogP contribution < -0.4 is 0 Å². The number of isocyanates is 4. The maximum atomic E-state index is 8.35. The van der Waals surface area contributed by atoms with E-state index < -0.39 is 0 Å². The first kappa shape index (κ1) is 41.8. The van der Waals surface area contributed by atoms with Crippen LogP contribution in [-0.2, 0) is 19.2 Å². The van der Waals surface area contributed by atoms with E-state index in [-0.39, 0.29) is 14.9 Å². The van der Waals surface area contributed by atoms with Crippen molar-refractivity contribution >= 4 is 24.3 Å². The zero-order chi connectivity index (χ0) is 10.8. The molecule has 0 aliphatic rings. The lowest BCUT2D eigenvalue weighted by atomic mass is 11.7. The summed E-state index contributed by atoms with van der Waals surface area (Å²) < 4.78 is 0. The van der Waals surface area contributed by atoms with Crippen LogP contribution in [0.1, 0.15) is 14.9 Å². The molecule has 0 heterocycles. The van der Waals surface area contributed by atoms with E-state index in [0.29, 0.717) is 0 Å². The van der Waals surface area contributed by atoms with E-state index in [0.717, 1.165) is 24.3 Å². The summed E-state index contributed by atoms with van der Waals surface area (Å²) in [7, 11) is 0. The minimum Gasteiger partial charge on any atom is -0.222 e. The zero-order valence-electron chi connectivity index (χ0n) is 5.63. The third-order valence-electron chi connectivity index (χ3n) is 0. The van der Waals surface area contributed by atoms with Crippen LogP contribution in [0.3, 0.4) is 0 Å². The maximum Gasteiger partial charge on any atom is 0.231 e. The van der Waals surface area contributed by atoms with Gasteiger partial charge < -0.3 is 0 Å².